The molecule has 138 valence electrons. The quantitative estimate of drug-likeness (QED) is 0.766. The van der Waals surface area contributed by atoms with Crippen LogP contribution in [0.25, 0.3) is 11.3 Å². The zero-order chi connectivity index (χ0) is 19.0. The van der Waals surface area contributed by atoms with Crippen molar-refractivity contribution in [1.29, 1.82) is 0 Å². The summed E-state index contributed by atoms with van der Waals surface area (Å²) in [5.41, 5.74) is 2.35. The second-order valence-corrected chi connectivity index (χ2v) is 7.64. The Morgan fingerprint density at radius 3 is 2.73 bits per heavy atom. The fourth-order valence-electron chi connectivity index (χ4n) is 3.22. The van der Waals surface area contributed by atoms with Crippen LogP contribution >= 0.6 is 11.3 Å². The number of methoxy groups -OCH3 is 1. The van der Waals surface area contributed by atoms with Gasteiger partial charge in [-0.05, 0) is 45.4 Å². The lowest BCUT2D eigenvalue weighted by atomic mass is 10.0. The number of aromatic nitrogens is 1. The normalized spacial score (nSPS) is 17.5. The van der Waals surface area contributed by atoms with E-state index in [-0.39, 0.29) is 5.91 Å². The number of thiazole rings is 1. The number of esters is 1. The maximum Gasteiger partial charge on any atom is 0.328 e. The van der Waals surface area contributed by atoms with E-state index in [0.717, 1.165) is 21.1 Å². The zero-order valence-electron chi connectivity index (χ0n) is 15.5. The van der Waals surface area contributed by atoms with Gasteiger partial charge >= 0.3 is 5.97 Å². The molecule has 0 spiro atoms. The first-order valence-electron chi connectivity index (χ1n) is 8.53. The highest BCUT2D eigenvalue weighted by Gasteiger charge is 2.39. The Morgan fingerprint density at radius 2 is 2.15 bits per heavy atom. The summed E-state index contributed by atoms with van der Waals surface area (Å²) in [4.78, 5) is 32.3. The van der Waals surface area contributed by atoms with Crippen LogP contribution in [0.3, 0.4) is 0 Å². The van der Waals surface area contributed by atoms with E-state index in [1.807, 2.05) is 39.0 Å². The van der Waals surface area contributed by atoms with Crippen molar-refractivity contribution in [3.8, 4) is 17.0 Å². The molecule has 0 bridgehead atoms. The van der Waals surface area contributed by atoms with Gasteiger partial charge in [0.25, 0.3) is 5.91 Å². The molecule has 1 aliphatic rings. The molecule has 26 heavy (non-hydrogen) atoms. The first-order valence-corrected chi connectivity index (χ1v) is 9.35. The second-order valence-electron chi connectivity index (χ2n) is 6.24. The molecule has 1 aromatic heterocycles. The minimum Gasteiger partial charge on any atom is -0.479 e. The van der Waals surface area contributed by atoms with E-state index < -0.39 is 18.1 Å². The van der Waals surface area contributed by atoms with E-state index in [2.05, 4.69) is 4.98 Å². The summed E-state index contributed by atoms with van der Waals surface area (Å²) in [6.45, 7) is 7.52. The number of benzene rings is 1. The number of carbonyl (C=O) groups excluding carboxylic acids is 2. The van der Waals surface area contributed by atoms with Crippen LogP contribution in [0.2, 0.25) is 0 Å². The molecule has 6 nitrogen and oxygen atoms in total. The third kappa shape index (κ3) is 3.07. The smallest absolute Gasteiger partial charge is 0.328 e. The lowest BCUT2D eigenvalue weighted by Crippen LogP contribution is -2.52. The van der Waals surface area contributed by atoms with Gasteiger partial charge in [0, 0.05) is 10.4 Å². The summed E-state index contributed by atoms with van der Waals surface area (Å²) in [6, 6.07) is 4.94. The van der Waals surface area contributed by atoms with E-state index in [0.29, 0.717) is 17.9 Å². The minimum atomic E-state index is -0.689. The average Bonchev–Trinajstić information content (AvgIpc) is 2.96. The zero-order valence-corrected chi connectivity index (χ0v) is 16.3. The first kappa shape index (κ1) is 18.4. The number of hydrogen-bond donors (Lipinski definition) is 0. The molecule has 0 fully saturated rings. The average molecular weight is 374 g/mol. The summed E-state index contributed by atoms with van der Waals surface area (Å²) in [5, 5.41) is 0.981. The summed E-state index contributed by atoms with van der Waals surface area (Å²) < 4.78 is 10.7. The van der Waals surface area contributed by atoms with Crippen LogP contribution in [0.4, 0.5) is 5.69 Å². The molecule has 0 aliphatic carbocycles. The van der Waals surface area contributed by atoms with Crippen molar-refractivity contribution in [2.75, 3.05) is 12.0 Å². The highest BCUT2D eigenvalue weighted by atomic mass is 32.1. The number of anilines is 1. The number of fused-ring (bicyclic) bond motifs is 1. The number of aryl methyl sites for hydroxylation is 2. The van der Waals surface area contributed by atoms with E-state index in [1.54, 1.807) is 18.3 Å². The number of nitrogens with zero attached hydrogens (tertiary/aromatic N) is 2. The molecule has 3 rings (SSSR count). The summed E-state index contributed by atoms with van der Waals surface area (Å²) in [6.07, 6.45) is -0.209. The molecule has 1 amide bonds. The summed E-state index contributed by atoms with van der Waals surface area (Å²) >= 11 is 1.63. The Bertz CT molecular complexity index is 861. The van der Waals surface area contributed by atoms with Crippen LogP contribution in [0, 0.1) is 13.8 Å². The summed E-state index contributed by atoms with van der Waals surface area (Å²) in [7, 11) is 1.33. The van der Waals surface area contributed by atoms with Crippen molar-refractivity contribution in [3.05, 3.63) is 28.1 Å². The largest absolute Gasteiger partial charge is 0.479 e. The molecule has 1 aliphatic heterocycles. The van der Waals surface area contributed by atoms with Gasteiger partial charge in [-0.15, -0.1) is 11.3 Å². The van der Waals surface area contributed by atoms with Crippen molar-refractivity contribution < 1.29 is 19.1 Å². The second kappa shape index (κ2) is 7.07. The number of hydrogen-bond acceptors (Lipinski definition) is 6. The predicted molar refractivity (Wildman–Crippen MR) is 101 cm³/mol. The number of rotatable bonds is 4. The minimum absolute atomic E-state index is 0.252. The third-order valence-electron chi connectivity index (χ3n) is 4.46. The number of carbonyl (C=O) groups is 2. The molecule has 0 saturated heterocycles. The SMILES string of the molecule is CCC(C(=O)OC)N1C(=O)C(C)Oc2ccc(-c3nc(C)sc3C)cc21. The van der Waals surface area contributed by atoms with Gasteiger partial charge in [0.05, 0.1) is 23.5 Å². The van der Waals surface area contributed by atoms with Gasteiger partial charge in [-0.3, -0.25) is 9.69 Å². The predicted octanol–water partition coefficient (Wildman–Crippen LogP) is 3.49. The van der Waals surface area contributed by atoms with Gasteiger partial charge in [0.15, 0.2) is 6.10 Å². The van der Waals surface area contributed by atoms with Crippen LogP contribution in [-0.2, 0) is 14.3 Å². The van der Waals surface area contributed by atoms with Gasteiger partial charge in [0.2, 0.25) is 0 Å². The fourth-order valence-corrected chi connectivity index (χ4v) is 4.06. The van der Waals surface area contributed by atoms with Crippen molar-refractivity contribution in [2.24, 2.45) is 0 Å². The Balaban J connectivity index is 2.13. The van der Waals surface area contributed by atoms with Crippen LogP contribution in [0.5, 0.6) is 5.75 Å². The van der Waals surface area contributed by atoms with E-state index in [1.165, 1.54) is 12.0 Å². The van der Waals surface area contributed by atoms with Crippen molar-refractivity contribution in [1.82, 2.24) is 4.98 Å². The fraction of sp³-hybridized carbons (Fsp3) is 0.421. The van der Waals surface area contributed by atoms with Crippen LogP contribution in [-0.4, -0.2) is 36.1 Å². The van der Waals surface area contributed by atoms with Crippen molar-refractivity contribution in [2.45, 2.75) is 46.3 Å². The highest BCUT2D eigenvalue weighted by Crippen LogP contribution is 2.40. The number of ether oxygens (including phenoxy) is 2. The monoisotopic (exact) mass is 374 g/mol. The van der Waals surface area contributed by atoms with Crippen LogP contribution in [0.1, 0.15) is 30.2 Å². The molecule has 1 aromatic carbocycles. The van der Waals surface area contributed by atoms with Gasteiger partial charge < -0.3 is 9.47 Å². The molecule has 2 unspecified atom stereocenters. The molecule has 0 radical (unpaired) electrons. The molecule has 2 heterocycles. The molecule has 0 N–H and O–H groups in total. The van der Waals surface area contributed by atoms with E-state index in [4.69, 9.17) is 9.47 Å². The van der Waals surface area contributed by atoms with E-state index in [9.17, 15) is 9.59 Å². The lowest BCUT2D eigenvalue weighted by Gasteiger charge is -2.37. The molecular formula is C19H22N2O4S. The van der Waals surface area contributed by atoms with Gasteiger partial charge in [-0.2, -0.15) is 0 Å². The molecule has 0 saturated carbocycles. The Kier molecular flexibility index (Phi) is 5.00. The third-order valence-corrected chi connectivity index (χ3v) is 5.34. The maximum atomic E-state index is 12.8. The van der Waals surface area contributed by atoms with Gasteiger partial charge in [0.1, 0.15) is 11.8 Å². The van der Waals surface area contributed by atoms with Gasteiger partial charge in [-0.1, -0.05) is 6.92 Å². The van der Waals surface area contributed by atoms with Gasteiger partial charge in [-0.25, -0.2) is 9.78 Å². The molecule has 2 atom stereocenters. The van der Waals surface area contributed by atoms with Crippen molar-refractivity contribution >= 4 is 28.9 Å². The van der Waals surface area contributed by atoms with Crippen LogP contribution in [0.15, 0.2) is 18.2 Å². The first-order chi connectivity index (χ1) is 12.4. The molecule has 7 heteroatoms. The Hall–Kier alpha value is -2.41. The summed E-state index contributed by atoms with van der Waals surface area (Å²) in [5.74, 6) is -0.113. The molecular weight excluding hydrogens is 352 g/mol. The maximum absolute atomic E-state index is 12.8. The topological polar surface area (TPSA) is 68.7 Å². The Labute approximate surface area is 156 Å². The van der Waals surface area contributed by atoms with E-state index >= 15 is 0 Å². The standard InChI is InChI=1S/C19H22N2O4S/c1-6-14(19(23)24-5)21-15-9-13(17-11(3)26-12(4)20-17)7-8-16(15)25-10(2)18(21)22/h7-10,14H,6H2,1-5H3. The lowest BCUT2D eigenvalue weighted by molar-refractivity contribution is -0.144. The van der Waals surface area contributed by atoms with Crippen molar-refractivity contribution in [3.63, 3.8) is 0 Å². The Morgan fingerprint density at radius 1 is 1.42 bits per heavy atom. The molecule has 2 aromatic rings. The highest BCUT2D eigenvalue weighted by molar-refractivity contribution is 7.11. The van der Waals surface area contributed by atoms with Crippen LogP contribution < -0.4 is 9.64 Å². The number of amides is 1.